The number of hydrogen-bond donors (Lipinski definition) is 0. The van der Waals surface area contributed by atoms with Gasteiger partial charge in [0.25, 0.3) is 0 Å². The van der Waals surface area contributed by atoms with E-state index >= 15 is 0 Å². The quantitative estimate of drug-likeness (QED) is 0.127. The maximum Gasteiger partial charge on any atom is 0.331 e. The lowest BCUT2D eigenvalue weighted by atomic mass is 9.43. The molecule has 78 heavy (non-hydrogen) atoms. The zero-order valence-electron chi connectivity index (χ0n) is 42.7. The molecule has 4 heterocycles. The number of fused-ring (bicyclic) bond motifs is 6. The van der Waals surface area contributed by atoms with Gasteiger partial charge in [-0.3, -0.25) is 0 Å². The second kappa shape index (κ2) is 18.9. The van der Waals surface area contributed by atoms with E-state index in [0.717, 1.165) is 68.2 Å². The Morgan fingerprint density at radius 3 is 0.936 bits per heavy atom. The van der Waals surface area contributed by atoms with Gasteiger partial charge in [-0.05, 0) is 172 Å². The summed E-state index contributed by atoms with van der Waals surface area (Å²) in [5.41, 5.74) is 20.3. The van der Waals surface area contributed by atoms with Gasteiger partial charge in [-0.1, -0.05) is 164 Å². The minimum absolute atomic E-state index is 0.197. The van der Waals surface area contributed by atoms with Gasteiger partial charge in [0.05, 0.1) is 0 Å². The lowest BCUT2D eigenvalue weighted by molar-refractivity contribution is 1.21. The van der Waals surface area contributed by atoms with E-state index in [1.165, 1.54) is 43.7 Å². The van der Waals surface area contributed by atoms with Gasteiger partial charge in [-0.25, -0.2) is 0 Å². The molecule has 0 atom stereocenters. The molecule has 11 aromatic carbocycles. The van der Waals surface area contributed by atoms with Crippen LogP contribution in [0.2, 0.25) is 0 Å². The third-order valence-corrected chi connectivity index (χ3v) is 15.8. The van der Waals surface area contributed by atoms with Crippen LogP contribution in [0.15, 0.2) is 304 Å². The minimum Gasteiger partial charge on any atom is -0.382 e. The van der Waals surface area contributed by atoms with E-state index < -0.39 is 0 Å². The molecular weight excluding hydrogens is 946 g/mol. The Morgan fingerprint density at radius 2 is 0.564 bits per heavy atom. The Hall–Kier alpha value is -10.2. The monoisotopic (exact) mass is 996 g/mol. The molecule has 2 aromatic heterocycles. The van der Waals surface area contributed by atoms with Crippen molar-refractivity contribution in [1.82, 2.24) is 8.96 Å². The third kappa shape index (κ3) is 7.52. The number of benzene rings is 11. The molecule has 0 saturated carbocycles. The first-order valence-electron chi connectivity index (χ1n) is 26.8. The molecule has 0 saturated heterocycles. The lowest BCUT2D eigenvalue weighted by Crippen LogP contribution is -2.59. The van der Waals surface area contributed by atoms with Crippen molar-refractivity contribution in [3.63, 3.8) is 0 Å². The summed E-state index contributed by atoms with van der Waals surface area (Å²) < 4.78 is 5.01. The fraction of sp³-hybridized carbons (Fsp3) is 0. The van der Waals surface area contributed by atoms with E-state index in [0.29, 0.717) is 0 Å². The van der Waals surface area contributed by atoms with E-state index in [1.54, 1.807) is 0 Å². The van der Waals surface area contributed by atoms with Crippen LogP contribution in [0.5, 0.6) is 0 Å². The summed E-state index contributed by atoms with van der Waals surface area (Å²) in [6, 6.07) is 106. The van der Waals surface area contributed by atoms with Crippen molar-refractivity contribution in [2.24, 2.45) is 0 Å². The third-order valence-electron chi connectivity index (χ3n) is 15.8. The smallest absolute Gasteiger partial charge is 0.331 e. The number of para-hydroxylation sites is 8. The normalized spacial score (nSPS) is 12.5. The summed E-state index contributed by atoms with van der Waals surface area (Å²) in [7, 11) is 0. The summed E-state index contributed by atoms with van der Waals surface area (Å²) in [5.74, 6) is 0. The number of rotatable bonds is 10. The molecule has 15 rings (SSSR count). The summed E-state index contributed by atoms with van der Waals surface area (Å²) in [6.07, 6.45) is 4.59. The van der Waals surface area contributed by atoms with Crippen LogP contribution < -0.4 is 41.5 Å². The van der Waals surface area contributed by atoms with Crippen molar-refractivity contribution in [2.75, 3.05) is 19.6 Å². The van der Waals surface area contributed by atoms with Gasteiger partial charge < -0.3 is 28.6 Å². The Morgan fingerprint density at radius 1 is 0.244 bits per heavy atom. The summed E-state index contributed by atoms with van der Waals surface area (Å²) >= 11 is 0. The molecule has 0 N–H and O–H groups in total. The fourth-order valence-corrected chi connectivity index (χ4v) is 12.4. The number of anilines is 12. The average Bonchev–Trinajstić information content (AvgIpc) is 4.27. The lowest BCUT2D eigenvalue weighted by Gasteiger charge is -2.42. The van der Waals surface area contributed by atoms with Gasteiger partial charge in [0.1, 0.15) is 0 Å². The molecule has 366 valence electrons. The van der Waals surface area contributed by atoms with Crippen LogP contribution in [-0.2, 0) is 0 Å². The average molecular weight is 997 g/mol. The summed E-state index contributed by atoms with van der Waals surface area (Å²) in [6.45, 7) is -0.394. The molecule has 0 fully saturated rings. The predicted octanol–water partition coefficient (Wildman–Crippen LogP) is 15.4. The largest absolute Gasteiger partial charge is 0.382 e. The highest BCUT2D eigenvalue weighted by Crippen LogP contribution is 2.46. The standard InChI is InChI=1S/C70H50B2N6/c1-7-25-53(26-8-1)75(54-27-9-2-10-28-54)59-39-41-61-67(47-59)77(57-33-15-5-16-34-57)69-50-70-64(49-63(69)71(61)73-45-43-51-23-19-21-37-65(51)73)72(74-46-44-52-24-20-22-38-66(52)74)62-42-40-60(48-68(62)78(70)58-35-17-6-18-36-58)76(55-29-11-3-12-30-55)56-31-13-4-14-32-56/h1-50H. The Bertz CT molecular complexity index is 3950. The van der Waals surface area contributed by atoms with Crippen molar-refractivity contribution in [3.8, 4) is 0 Å². The minimum atomic E-state index is -0.197. The van der Waals surface area contributed by atoms with Crippen LogP contribution in [0.4, 0.5) is 68.2 Å². The van der Waals surface area contributed by atoms with Crippen LogP contribution >= 0.6 is 0 Å². The molecule has 0 bridgehead atoms. The second-order valence-corrected chi connectivity index (χ2v) is 20.2. The summed E-state index contributed by atoms with van der Waals surface area (Å²) in [4.78, 5) is 9.79. The van der Waals surface area contributed by atoms with Crippen LogP contribution in [-0.4, -0.2) is 22.7 Å². The van der Waals surface area contributed by atoms with E-state index in [4.69, 9.17) is 0 Å². The molecular formula is C70H50B2N6. The van der Waals surface area contributed by atoms with E-state index in [1.807, 2.05) is 0 Å². The Labute approximate surface area is 455 Å². The molecule has 2 aliphatic heterocycles. The van der Waals surface area contributed by atoms with Gasteiger partial charge in [-0.2, -0.15) is 0 Å². The van der Waals surface area contributed by atoms with Crippen molar-refractivity contribution in [3.05, 3.63) is 304 Å². The van der Waals surface area contributed by atoms with Gasteiger partial charge in [0.15, 0.2) is 0 Å². The SMILES string of the molecule is c1ccc(N(c2ccccc2)c2ccc3c(c2)N(c2ccccc2)c2cc4c(cc2B3n2ccc3ccccc32)B(n2ccc3ccccc32)c2ccc(N(c3ccccc3)c3ccccc3)cc2N4c2ccccc2)cc1. The maximum atomic E-state index is 2.56. The Balaban J connectivity index is 1.04. The molecule has 13 aromatic rings. The fourth-order valence-electron chi connectivity index (χ4n) is 12.4. The van der Waals surface area contributed by atoms with Gasteiger partial charge in [0, 0.05) is 79.3 Å². The van der Waals surface area contributed by atoms with E-state index in [-0.39, 0.29) is 13.7 Å². The highest BCUT2D eigenvalue weighted by molar-refractivity contribution is 6.91. The van der Waals surface area contributed by atoms with Gasteiger partial charge in [-0.15, -0.1) is 0 Å². The highest BCUT2D eigenvalue weighted by Gasteiger charge is 2.43. The van der Waals surface area contributed by atoms with Crippen molar-refractivity contribution < 1.29 is 0 Å². The highest BCUT2D eigenvalue weighted by atomic mass is 15.2. The molecule has 0 amide bonds. The zero-order valence-corrected chi connectivity index (χ0v) is 42.7. The molecule has 0 spiro atoms. The number of aromatic nitrogens is 2. The first-order chi connectivity index (χ1) is 38.7. The zero-order chi connectivity index (χ0) is 51.5. The molecule has 0 aliphatic carbocycles. The number of nitrogens with zero attached hydrogens (tertiary/aromatic N) is 6. The van der Waals surface area contributed by atoms with Crippen LogP contribution in [0.1, 0.15) is 0 Å². The molecule has 6 nitrogen and oxygen atoms in total. The summed E-state index contributed by atoms with van der Waals surface area (Å²) in [5, 5.41) is 2.41. The van der Waals surface area contributed by atoms with Gasteiger partial charge >= 0.3 is 13.7 Å². The molecule has 0 radical (unpaired) electrons. The molecule has 2 aliphatic rings. The van der Waals surface area contributed by atoms with Crippen molar-refractivity contribution in [1.29, 1.82) is 0 Å². The van der Waals surface area contributed by atoms with Crippen molar-refractivity contribution in [2.45, 2.75) is 0 Å². The molecule has 0 unspecified atom stereocenters. The number of hydrogen-bond acceptors (Lipinski definition) is 4. The van der Waals surface area contributed by atoms with Crippen LogP contribution in [0.25, 0.3) is 21.8 Å². The molecule has 8 heteroatoms. The Kier molecular flexibility index (Phi) is 11.0. The van der Waals surface area contributed by atoms with Crippen molar-refractivity contribution >= 4 is 126 Å². The first kappa shape index (κ1) is 45.2. The van der Waals surface area contributed by atoms with E-state index in [9.17, 15) is 0 Å². The van der Waals surface area contributed by atoms with Gasteiger partial charge in [0.2, 0.25) is 0 Å². The van der Waals surface area contributed by atoms with Crippen LogP contribution in [0.3, 0.4) is 0 Å². The topological polar surface area (TPSA) is 22.8 Å². The van der Waals surface area contributed by atoms with E-state index in [2.05, 4.69) is 332 Å². The first-order valence-corrected chi connectivity index (χ1v) is 26.8. The maximum absolute atomic E-state index is 2.56. The second-order valence-electron chi connectivity index (χ2n) is 20.2. The predicted molar refractivity (Wildman–Crippen MR) is 330 cm³/mol. The van der Waals surface area contributed by atoms with Crippen LogP contribution in [0, 0.1) is 0 Å².